The average Bonchev–Trinajstić information content (AvgIpc) is 3.47. The zero-order chi connectivity index (χ0) is 24.7. The van der Waals surface area contributed by atoms with Gasteiger partial charge in [0.1, 0.15) is 17.2 Å². The molecule has 0 unspecified atom stereocenters. The number of thiophene rings is 1. The van der Waals surface area contributed by atoms with Crippen LogP contribution in [-0.2, 0) is 14.8 Å². The van der Waals surface area contributed by atoms with Crippen molar-refractivity contribution in [1.82, 2.24) is 4.72 Å². The lowest BCUT2D eigenvalue weighted by Crippen LogP contribution is -2.44. The largest absolute Gasteiger partial charge is 0.480 e. The van der Waals surface area contributed by atoms with Crippen LogP contribution in [0.5, 0.6) is 0 Å². The quantitative estimate of drug-likeness (QED) is 0.268. The fraction of sp³-hybridized carbons (Fsp3) is 0.148. The topological polar surface area (TPSA) is 96.6 Å². The molecule has 178 valence electrons. The predicted molar refractivity (Wildman–Crippen MR) is 139 cm³/mol. The summed E-state index contributed by atoms with van der Waals surface area (Å²) in [6, 6.07) is 23.6. The van der Waals surface area contributed by atoms with Crippen LogP contribution in [-0.4, -0.2) is 25.5 Å². The monoisotopic (exact) mass is 505 g/mol. The van der Waals surface area contributed by atoms with E-state index in [1.807, 2.05) is 36.4 Å². The van der Waals surface area contributed by atoms with Gasteiger partial charge in [0, 0.05) is 20.5 Å². The van der Waals surface area contributed by atoms with Crippen molar-refractivity contribution < 1.29 is 22.7 Å². The first kappa shape index (κ1) is 23.3. The molecule has 0 radical (unpaired) electrons. The number of hydrogen-bond donors (Lipinski definition) is 2. The van der Waals surface area contributed by atoms with Crippen LogP contribution in [0.1, 0.15) is 13.8 Å². The summed E-state index contributed by atoms with van der Waals surface area (Å²) in [5, 5.41) is 10.8. The van der Waals surface area contributed by atoms with Crippen molar-refractivity contribution in [2.24, 2.45) is 5.92 Å². The normalized spacial score (nSPS) is 13.0. The summed E-state index contributed by atoms with van der Waals surface area (Å²) in [6.07, 6.45) is 0. The van der Waals surface area contributed by atoms with Crippen LogP contribution in [0, 0.1) is 5.92 Å². The van der Waals surface area contributed by atoms with Crippen molar-refractivity contribution in [3.63, 3.8) is 0 Å². The van der Waals surface area contributed by atoms with E-state index < -0.39 is 28.0 Å². The Morgan fingerprint density at radius 1 is 0.857 bits per heavy atom. The van der Waals surface area contributed by atoms with Gasteiger partial charge in [0.25, 0.3) is 0 Å². The van der Waals surface area contributed by atoms with Gasteiger partial charge in [-0.25, -0.2) is 8.42 Å². The van der Waals surface area contributed by atoms with Crippen LogP contribution in [0.3, 0.4) is 0 Å². The number of carboxylic acid groups (broad SMARTS) is 1. The number of carboxylic acids is 1. The van der Waals surface area contributed by atoms with E-state index >= 15 is 0 Å². The predicted octanol–water partition coefficient (Wildman–Crippen LogP) is 6.37. The Balaban J connectivity index is 1.50. The SMILES string of the molecule is CC(C)[C@@H](NS(=O)(=O)c1ccc2oc3cc(-c4ccc(-c5ccccc5)s4)ccc3c2c1)C(=O)O. The van der Waals surface area contributed by atoms with Gasteiger partial charge in [-0.1, -0.05) is 50.2 Å². The van der Waals surface area contributed by atoms with Gasteiger partial charge in [0.2, 0.25) is 10.0 Å². The third-order valence-corrected chi connectivity index (χ3v) is 8.54. The van der Waals surface area contributed by atoms with Gasteiger partial charge in [-0.05, 0) is 59.5 Å². The number of fused-ring (bicyclic) bond motifs is 3. The lowest BCUT2D eigenvalue weighted by molar-refractivity contribution is -0.140. The highest BCUT2D eigenvalue weighted by molar-refractivity contribution is 7.89. The Morgan fingerprint density at radius 3 is 2.26 bits per heavy atom. The van der Waals surface area contributed by atoms with E-state index in [2.05, 4.69) is 29.0 Å². The number of nitrogens with one attached hydrogen (secondary N) is 1. The first-order valence-electron chi connectivity index (χ1n) is 11.1. The summed E-state index contributed by atoms with van der Waals surface area (Å²) in [4.78, 5) is 13.8. The molecule has 5 rings (SSSR count). The maximum atomic E-state index is 12.9. The summed E-state index contributed by atoms with van der Waals surface area (Å²) < 4.78 is 34.1. The number of sulfonamides is 1. The molecule has 5 aromatic rings. The van der Waals surface area contributed by atoms with Crippen molar-refractivity contribution in [1.29, 1.82) is 0 Å². The van der Waals surface area contributed by atoms with Gasteiger partial charge in [-0.2, -0.15) is 4.72 Å². The zero-order valence-electron chi connectivity index (χ0n) is 19.1. The van der Waals surface area contributed by atoms with Crippen molar-refractivity contribution in [3.8, 4) is 20.9 Å². The molecule has 6 nitrogen and oxygen atoms in total. The molecule has 0 aliphatic carbocycles. The van der Waals surface area contributed by atoms with Crippen LogP contribution < -0.4 is 4.72 Å². The van der Waals surface area contributed by atoms with Gasteiger partial charge in [0.05, 0.1) is 4.90 Å². The summed E-state index contributed by atoms with van der Waals surface area (Å²) in [5.74, 6) is -1.62. The fourth-order valence-corrected chi connectivity index (χ4v) is 6.41. The highest BCUT2D eigenvalue weighted by Gasteiger charge is 2.28. The fourth-order valence-electron chi connectivity index (χ4n) is 4.03. The molecule has 35 heavy (non-hydrogen) atoms. The second kappa shape index (κ2) is 8.96. The molecule has 8 heteroatoms. The van der Waals surface area contributed by atoms with Gasteiger partial charge in [-0.3, -0.25) is 4.79 Å². The van der Waals surface area contributed by atoms with Crippen LogP contribution >= 0.6 is 11.3 Å². The number of benzene rings is 3. The van der Waals surface area contributed by atoms with E-state index in [4.69, 9.17) is 4.42 Å². The van der Waals surface area contributed by atoms with Crippen LogP contribution in [0.2, 0.25) is 0 Å². The number of furan rings is 1. The van der Waals surface area contributed by atoms with Crippen molar-refractivity contribution in [3.05, 3.63) is 78.9 Å². The van der Waals surface area contributed by atoms with E-state index in [0.717, 1.165) is 15.8 Å². The molecular weight excluding hydrogens is 482 g/mol. The zero-order valence-corrected chi connectivity index (χ0v) is 20.7. The Kier molecular flexibility index (Phi) is 5.96. The van der Waals surface area contributed by atoms with E-state index in [1.165, 1.54) is 22.6 Å². The van der Waals surface area contributed by atoms with Gasteiger partial charge >= 0.3 is 5.97 Å². The van der Waals surface area contributed by atoms with Crippen molar-refractivity contribution in [2.75, 3.05) is 0 Å². The second-order valence-electron chi connectivity index (χ2n) is 8.68. The van der Waals surface area contributed by atoms with Gasteiger partial charge in [0.15, 0.2) is 0 Å². The number of hydrogen-bond acceptors (Lipinski definition) is 5. The average molecular weight is 506 g/mol. The molecule has 2 heterocycles. The summed E-state index contributed by atoms with van der Waals surface area (Å²) >= 11 is 1.69. The van der Waals surface area contributed by atoms with Crippen molar-refractivity contribution in [2.45, 2.75) is 24.8 Å². The molecule has 2 aromatic heterocycles. The number of carbonyl (C=O) groups is 1. The molecule has 0 saturated heterocycles. The molecule has 1 atom stereocenters. The minimum Gasteiger partial charge on any atom is -0.480 e. The van der Waals surface area contributed by atoms with Gasteiger partial charge in [-0.15, -0.1) is 11.3 Å². The van der Waals surface area contributed by atoms with Gasteiger partial charge < -0.3 is 9.52 Å². The number of rotatable bonds is 7. The minimum absolute atomic E-state index is 0.00515. The van der Waals surface area contributed by atoms with Crippen LogP contribution in [0.25, 0.3) is 42.8 Å². The molecule has 0 fully saturated rings. The molecule has 0 aliphatic rings. The van der Waals surface area contributed by atoms with Crippen LogP contribution in [0.4, 0.5) is 0 Å². The number of aliphatic carboxylic acids is 1. The maximum absolute atomic E-state index is 12.9. The molecule has 2 N–H and O–H groups in total. The molecular formula is C27H23NO5S2. The molecule has 0 aliphatic heterocycles. The highest BCUT2D eigenvalue weighted by atomic mass is 32.2. The first-order chi connectivity index (χ1) is 16.7. The minimum atomic E-state index is -4.03. The highest BCUT2D eigenvalue weighted by Crippen LogP contribution is 2.38. The summed E-state index contributed by atoms with van der Waals surface area (Å²) in [7, 11) is -4.03. The lowest BCUT2D eigenvalue weighted by Gasteiger charge is -2.17. The molecule has 0 bridgehead atoms. The van der Waals surface area contributed by atoms with E-state index in [0.29, 0.717) is 16.6 Å². The third kappa shape index (κ3) is 4.48. The van der Waals surface area contributed by atoms with E-state index in [1.54, 1.807) is 31.3 Å². The third-order valence-electron chi connectivity index (χ3n) is 5.92. The van der Waals surface area contributed by atoms with E-state index in [9.17, 15) is 18.3 Å². The Hall–Kier alpha value is -3.46. The smallest absolute Gasteiger partial charge is 0.322 e. The molecule has 0 saturated carbocycles. The lowest BCUT2D eigenvalue weighted by atomic mass is 10.1. The Labute approximate surface area is 206 Å². The Bertz CT molecular complexity index is 1650. The second-order valence-corrected chi connectivity index (χ2v) is 11.5. The molecule has 0 amide bonds. The summed E-state index contributed by atoms with van der Waals surface area (Å²) in [6.45, 7) is 3.31. The van der Waals surface area contributed by atoms with Crippen LogP contribution in [0.15, 0.2) is 88.2 Å². The first-order valence-corrected chi connectivity index (χ1v) is 13.4. The maximum Gasteiger partial charge on any atom is 0.322 e. The van der Waals surface area contributed by atoms with E-state index in [-0.39, 0.29) is 4.90 Å². The van der Waals surface area contributed by atoms with Crippen molar-refractivity contribution >= 4 is 49.3 Å². The summed E-state index contributed by atoms with van der Waals surface area (Å²) in [5.41, 5.74) is 3.39. The molecule has 0 spiro atoms. The standard InChI is InChI=1S/C27H23NO5S2/c1-16(2)26(27(29)30)28-35(31,32)19-9-11-22-21(15-19)20-10-8-18(14-23(20)33-22)25-13-12-24(34-25)17-6-4-3-5-7-17/h3-16,26,28H,1-2H3,(H,29,30)/t26-/m1/s1. The Morgan fingerprint density at radius 2 is 1.57 bits per heavy atom. The molecule has 3 aromatic carbocycles.